The van der Waals surface area contributed by atoms with Gasteiger partial charge in [0.2, 0.25) is 0 Å². The number of carbonyl (C=O) groups excluding carboxylic acids is 1. The van der Waals surface area contributed by atoms with Gasteiger partial charge in [0.05, 0.1) is 12.7 Å². The molecule has 0 unspecified atom stereocenters. The van der Waals surface area contributed by atoms with E-state index in [1.54, 1.807) is 0 Å². The van der Waals surface area contributed by atoms with Crippen molar-refractivity contribution >= 4 is 11.9 Å². The summed E-state index contributed by atoms with van der Waals surface area (Å²) in [5.41, 5.74) is -0.559. The zero-order chi connectivity index (χ0) is 17.9. The molecule has 2 aromatic carbocycles. The van der Waals surface area contributed by atoms with Crippen LogP contribution in [-0.2, 0) is 6.18 Å². The second-order valence-electron chi connectivity index (χ2n) is 4.86. The fourth-order valence-corrected chi connectivity index (χ4v) is 2.03. The first-order valence-electron chi connectivity index (χ1n) is 6.72. The minimum atomic E-state index is -4.43. The lowest BCUT2D eigenvalue weighted by molar-refractivity contribution is -0.137. The van der Waals surface area contributed by atoms with Crippen LogP contribution in [-0.4, -0.2) is 23.1 Å². The quantitative estimate of drug-likeness (QED) is 0.653. The highest BCUT2D eigenvalue weighted by Crippen LogP contribution is 2.33. The molecule has 24 heavy (non-hydrogen) atoms. The van der Waals surface area contributed by atoms with E-state index in [0.717, 1.165) is 24.3 Å². The summed E-state index contributed by atoms with van der Waals surface area (Å²) in [6.45, 7) is 0. The van der Waals surface area contributed by atoms with Gasteiger partial charge in [0, 0.05) is 12.1 Å². The molecule has 0 fully saturated rings. The molecule has 0 aliphatic rings. The molecule has 2 aromatic rings. The molecule has 0 saturated heterocycles. The fourth-order valence-electron chi connectivity index (χ4n) is 2.03. The first-order chi connectivity index (χ1) is 11.2. The molecule has 0 aliphatic heterocycles. The fraction of sp³-hybridized carbons (Fsp3) is 0.118. The van der Waals surface area contributed by atoms with Crippen molar-refractivity contribution in [2.24, 2.45) is 0 Å². The van der Waals surface area contributed by atoms with E-state index in [-0.39, 0.29) is 17.1 Å². The van der Waals surface area contributed by atoms with Gasteiger partial charge in [-0.15, -0.1) is 0 Å². The largest absolute Gasteiger partial charge is 0.508 e. The second-order valence-corrected chi connectivity index (χ2v) is 4.86. The molecule has 0 atom stereocenters. The molecule has 0 amide bonds. The van der Waals surface area contributed by atoms with Crippen LogP contribution in [0, 0.1) is 0 Å². The molecule has 0 spiro atoms. The molecule has 126 valence electrons. The van der Waals surface area contributed by atoms with Crippen molar-refractivity contribution in [2.75, 3.05) is 7.11 Å². The van der Waals surface area contributed by atoms with E-state index in [4.69, 9.17) is 4.74 Å². The van der Waals surface area contributed by atoms with Gasteiger partial charge >= 0.3 is 6.18 Å². The molecule has 7 heteroatoms. The number of aromatic hydroxyl groups is 2. The summed E-state index contributed by atoms with van der Waals surface area (Å²) in [5, 5.41) is 19.1. The number of halogens is 3. The zero-order valence-electron chi connectivity index (χ0n) is 12.5. The van der Waals surface area contributed by atoms with Gasteiger partial charge in [-0.05, 0) is 23.8 Å². The Labute approximate surface area is 135 Å². The Kier molecular flexibility index (Phi) is 4.82. The van der Waals surface area contributed by atoms with Crippen LogP contribution in [0.1, 0.15) is 21.5 Å². The number of hydrogen-bond acceptors (Lipinski definition) is 4. The first-order valence-corrected chi connectivity index (χ1v) is 6.72. The normalized spacial score (nSPS) is 11.7. The lowest BCUT2D eigenvalue weighted by Gasteiger charge is -2.08. The van der Waals surface area contributed by atoms with E-state index >= 15 is 0 Å². The van der Waals surface area contributed by atoms with Gasteiger partial charge in [-0.1, -0.05) is 18.2 Å². The maximum atomic E-state index is 12.5. The van der Waals surface area contributed by atoms with E-state index < -0.39 is 23.3 Å². The first kappa shape index (κ1) is 17.4. The number of ketones is 1. The van der Waals surface area contributed by atoms with Crippen molar-refractivity contribution in [3.63, 3.8) is 0 Å². The number of carbonyl (C=O) groups is 1. The summed E-state index contributed by atoms with van der Waals surface area (Å²) in [5.74, 6) is -1.37. The van der Waals surface area contributed by atoms with Crippen molar-refractivity contribution in [2.45, 2.75) is 6.18 Å². The number of benzene rings is 2. The van der Waals surface area contributed by atoms with Crippen LogP contribution >= 0.6 is 0 Å². The highest BCUT2D eigenvalue weighted by Gasteiger charge is 2.29. The van der Waals surface area contributed by atoms with E-state index in [2.05, 4.69) is 0 Å². The zero-order valence-corrected chi connectivity index (χ0v) is 12.5. The molecular weight excluding hydrogens is 325 g/mol. The summed E-state index contributed by atoms with van der Waals surface area (Å²) < 4.78 is 42.4. The molecule has 2 rings (SSSR count). The van der Waals surface area contributed by atoms with Gasteiger partial charge in [0.15, 0.2) is 5.78 Å². The van der Waals surface area contributed by atoms with Crippen molar-refractivity contribution in [1.82, 2.24) is 0 Å². The van der Waals surface area contributed by atoms with Crippen molar-refractivity contribution in [3.05, 3.63) is 59.2 Å². The molecule has 0 heterocycles. The van der Waals surface area contributed by atoms with E-state index in [1.807, 2.05) is 0 Å². The average molecular weight is 338 g/mol. The Bertz CT molecular complexity index is 778. The van der Waals surface area contributed by atoms with Gasteiger partial charge < -0.3 is 14.9 Å². The molecule has 0 aliphatic carbocycles. The van der Waals surface area contributed by atoms with E-state index in [9.17, 15) is 28.2 Å². The summed E-state index contributed by atoms with van der Waals surface area (Å²) in [4.78, 5) is 12.2. The number of alkyl halides is 3. The SMILES string of the molecule is COc1cc(O)cc(O)c1C(=O)/C=C/c1ccc(C(F)(F)F)cc1. The van der Waals surface area contributed by atoms with Crippen LogP contribution in [0.25, 0.3) is 6.08 Å². The molecule has 0 radical (unpaired) electrons. The second kappa shape index (κ2) is 6.66. The van der Waals surface area contributed by atoms with Crippen molar-refractivity contribution in [1.29, 1.82) is 0 Å². The third kappa shape index (κ3) is 3.87. The van der Waals surface area contributed by atoms with Crippen LogP contribution in [0.15, 0.2) is 42.5 Å². The number of rotatable bonds is 4. The predicted octanol–water partition coefficient (Wildman–Crippen LogP) is 4.02. The highest BCUT2D eigenvalue weighted by atomic mass is 19.4. The Morgan fingerprint density at radius 1 is 1.12 bits per heavy atom. The number of hydrogen-bond donors (Lipinski definition) is 2. The third-order valence-corrected chi connectivity index (χ3v) is 3.20. The summed E-state index contributed by atoms with van der Waals surface area (Å²) in [6.07, 6.45) is -2.02. The van der Waals surface area contributed by atoms with Crippen LogP contribution in [0.4, 0.5) is 13.2 Å². The minimum Gasteiger partial charge on any atom is -0.508 e. The van der Waals surface area contributed by atoms with Crippen LogP contribution in [0.5, 0.6) is 17.2 Å². The van der Waals surface area contributed by atoms with Crippen molar-refractivity contribution < 1.29 is 32.9 Å². The molecule has 2 N–H and O–H groups in total. The maximum Gasteiger partial charge on any atom is 0.416 e. The van der Waals surface area contributed by atoms with Gasteiger partial charge in [0.25, 0.3) is 0 Å². The number of ether oxygens (including phenoxy) is 1. The molecule has 0 bridgehead atoms. The lowest BCUT2D eigenvalue weighted by Crippen LogP contribution is -2.04. The standard InChI is InChI=1S/C17H13F3O4/c1-24-15-9-12(21)8-14(23)16(15)13(22)7-4-10-2-5-11(6-3-10)17(18,19)20/h2-9,21,23H,1H3/b7-4+. The Balaban J connectivity index is 2.25. The van der Waals surface area contributed by atoms with Crippen LogP contribution < -0.4 is 4.74 Å². The maximum absolute atomic E-state index is 12.5. The van der Waals surface area contributed by atoms with Gasteiger partial charge in [-0.2, -0.15) is 13.2 Å². The predicted molar refractivity (Wildman–Crippen MR) is 81.1 cm³/mol. The van der Waals surface area contributed by atoms with Gasteiger partial charge in [-0.3, -0.25) is 4.79 Å². The lowest BCUT2D eigenvalue weighted by atomic mass is 10.1. The Morgan fingerprint density at radius 3 is 2.29 bits per heavy atom. The third-order valence-electron chi connectivity index (χ3n) is 3.20. The topological polar surface area (TPSA) is 66.8 Å². The van der Waals surface area contributed by atoms with Gasteiger partial charge in [0.1, 0.15) is 22.8 Å². The van der Waals surface area contributed by atoms with E-state index in [1.165, 1.54) is 31.4 Å². The average Bonchev–Trinajstić information content (AvgIpc) is 2.51. The number of phenols is 2. The number of phenolic OH excluding ortho intramolecular Hbond substituents is 2. The Morgan fingerprint density at radius 2 is 1.75 bits per heavy atom. The molecule has 0 aromatic heterocycles. The van der Waals surface area contributed by atoms with Crippen LogP contribution in [0.3, 0.4) is 0 Å². The highest BCUT2D eigenvalue weighted by molar-refractivity contribution is 6.10. The summed E-state index contributed by atoms with van der Waals surface area (Å²) >= 11 is 0. The monoisotopic (exact) mass is 338 g/mol. The molecule has 4 nitrogen and oxygen atoms in total. The number of allylic oxidation sites excluding steroid dienone is 1. The summed E-state index contributed by atoms with van der Waals surface area (Å²) in [7, 11) is 1.27. The molecular formula is C17H13F3O4. The molecule has 0 saturated carbocycles. The van der Waals surface area contributed by atoms with Gasteiger partial charge in [-0.25, -0.2) is 0 Å². The van der Waals surface area contributed by atoms with Crippen LogP contribution in [0.2, 0.25) is 0 Å². The summed E-state index contributed by atoms with van der Waals surface area (Å²) in [6, 6.07) is 6.41. The van der Waals surface area contributed by atoms with E-state index in [0.29, 0.717) is 5.56 Å². The minimum absolute atomic E-state index is 0.0189. The Hall–Kier alpha value is -2.96. The number of methoxy groups -OCH3 is 1. The van der Waals surface area contributed by atoms with Crippen molar-refractivity contribution in [3.8, 4) is 17.2 Å². The smallest absolute Gasteiger partial charge is 0.416 e.